The Morgan fingerprint density at radius 3 is 2.24 bits per heavy atom. The van der Waals surface area contributed by atoms with Crippen LogP contribution in [0.2, 0.25) is 0 Å². The van der Waals surface area contributed by atoms with E-state index >= 15 is 0 Å². The summed E-state index contributed by atoms with van der Waals surface area (Å²) in [6, 6.07) is 28.3. The highest BCUT2D eigenvalue weighted by Crippen LogP contribution is 2.39. The van der Waals surface area contributed by atoms with E-state index in [4.69, 9.17) is 9.72 Å². The Labute approximate surface area is 215 Å². The second kappa shape index (κ2) is 9.94. The van der Waals surface area contributed by atoms with Crippen molar-refractivity contribution in [2.75, 3.05) is 11.9 Å². The molecule has 1 aliphatic heterocycles. The molecule has 0 unspecified atom stereocenters. The van der Waals surface area contributed by atoms with Crippen molar-refractivity contribution in [3.63, 3.8) is 0 Å². The van der Waals surface area contributed by atoms with Crippen molar-refractivity contribution in [3.05, 3.63) is 110 Å². The van der Waals surface area contributed by atoms with Crippen LogP contribution in [0.4, 0.5) is 11.5 Å². The molecule has 0 aliphatic carbocycles. The van der Waals surface area contributed by atoms with E-state index in [0.29, 0.717) is 24.6 Å². The van der Waals surface area contributed by atoms with E-state index in [2.05, 4.69) is 49.3 Å². The molecule has 0 fully saturated rings. The average Bonchev–Trinajstić information content (AvgIpc) is 2.86. The van der Waals surface area contributed by atoms with Gasteiger partial charge in [0.2, 0.25) is 0 Å². The molecular weight excluding hydrogens is 554 g/mol. The zero-order chi connectivity index (χ0) is 23.5. The Hall–Kier alpha value is -3.24. The second-order valence-electron chi connectivity index (χ2n) is 7.86. The third kappa shape index (κ3) is 4.69. The SMILES string of the molecule is N#Cc1c(Nc2ccccc2)nc2c(c1-c1ccc(Br)cc1)COC/C2=C\c1ccc(Br)cc1. The van der Waals surface area contributed by atoms with Crippen LogP contribution in [0.1, 0.15) is 22.4 Å². The van der Waals surface area contributed by atoms with Gasteiger partial charge >= 0.3 is 0 Å². The maximum atomic E-state index is 10.2. The maximum Gasteiger partial charge on any atom is 0.149 e. The highest BCUT2D eigenvalue weighted by molar-refractivity contribution is 9.10. The van der Waals surface area contributed by atoms with E-state index in [1.54, 1.807) is 0 Å². The Bertz CT molecular complexity index is 1410. The number of halogens is 2. The molecule has 4 nitrogen and oxygen atoms in total. The average molecular weight is 573 g/mol. The van der Waals surface area contributed by atoms with Gasteiger partial charge in [0, 0.05) is 31.3 Å². The molecule has 0 atom stereocenters. The van der Waals surface area contributed by atoms with Gasteiger partial charge in [-0.15, -0.1) is 0 Å². The minimum atomic E-state index is 0.395. The van der Waals surface area contributed by atoms with Crippen LogP contribution >= 0.6 is 31.9 Å². The quantitative estimate of drug-likeness (QED) is 0.269. The topological polar surface area (TPSA) is 57.9 Å². The van der Waals surface area contributed by atoms with Gasteiger partial charge < -0.3 is 10.1 Å². The number of ether oxygens (including phenoxy) is 1. The Morgan fingerprint density at radius 1 is 0.882 bits per heavy atom. The maximum absolute atomic E-state index is 10.2. The molecule has 0 saturated carbocycles. The van der Waals surface area contributed by atoms with Crippen molar-refractivity contribution < 1.29 is 4.74 Å². The molecular formula is C28H19Br2N3O. The molecule has 6 heteroatoms. The third-order valence-electron chi connectivity index (χ3n) is 5.60. The van der Waals surface area contributed by atoms with Gasteiger partial charge in [-0.05, 0) is 53.6 Å². The molecule has 5 rings (SSSR count). The molecule has 2 heterocycles. The largest absolute Gasteiger partial charge is 0.372 e. The zero-order valence-corrected chi connectivity index (χ0v) is 21.2. The first-order valence-corrected chi connectivity index (χ1v) is 12.3. The highest BCUT2D eigenvalue weighted by Gasteiger charge is 2.26. The van der Waals surface area contributed by atoms with Gasteiger partial charge in [0.15, 0.2) is 0 Å². The summed E-state index contributed by atoms with van der Waals surface area (Å²) in [5, 5.41) is 13.6. The Balaban J connectivity index is 1.73. The molecule has 34 heavy (non-hydrogen) atoms. The van der Waals surface area contributed by atoms with Gasteiger partial charge in [-0.2, -0.15) is 5.26 Å². The van der Waals surface area contributed by atoms with E-state index in [-0.39, 0.29) is 0 Å². The Kier molecular flexibility index (Phi) is 6.59. The van der Waals surface area contributed by atoms with E-state index < -0.39 is 0 Å². The molecule has 0 saturated heterocycles. The summed E-state index contributed by atoms with van der Waals surface area (Å²) in [5.41, 5.74) is 6.97. The van der Waals surface area contributed by atoms with Crippen LogP contribution < -0.4 is 5.32 Å². The first-order valence-electron chi connectivity index (χ1n) is 10.7. The van der Waals surface area contributed by atoms with Crippen LogP contribution in [0.15, 0.2) is 87.8 Å². The summed E-state index contributed by atoms with van der Waals surface area (Å²) in [6.07, 6.45) is 2.10. The molecule has 0 amide bonds. The van der Waals surface area contributed by atoms with Gasteiger partial charge in [-0.1, -0.05) is 74.3 Å². The van der Waals surface area contributed by atoms with Gasteiger partial charge in [0.05, 0.1) is 18.9 Å². The number of anilines is 2. The fourth-order valence-electron chi connectivity index (χ4n) is 4.02. The standard InChI is InChI=1S/C28H19Br2N3O/c29-21-10-6-18(7-11-21)14-20-16-34-17-25-26(19-8-12-22(30)13-9-19)24(15-31)28(33-27(20)25)32-23-4-2-1-3-5-23/h1-14H,16-17H2,(H,32,33)/b20-14+. The first kappa shape index (κ1) is 22.5. The zero-order valence-electron chi connectivity index (χ0n) is 18.1. The highest BCUT2D eigenvalue weighted by atomic mass is 79.9. The lowest BCUT2D eigenvalue weighted by Gasteiger charge is -2.25. The smallest absolute Gasteiger partial charge is 0.149 e. The fraction of sp³-hybridized carbons (Fsp3) is 0.0714. The molecule has 0 radical (unpaired) electrons. The number of nitrogens with zero attached hydrogens (tertiary/aromatic N) is 2. The minimum Gasteiger partial charge on any atom is -0.372 e. The normalized spacial score (nSPS) is 13.9. The number of para-hydroxylation sites is 1. The lowest BCUT2D eigenvalue weighted by Crippen LogP contribution is -2.15. The number of hydrogen-bond donors (Lipinski definition) is 1. The van der Waals surface area contributed by atoms with Gasteiger partial charge in [-0.3, -0.25) is 0 Å². The van der Waals surface area contributed by atoms with Crippen molar-refractivity contribution in [1.29, 1.82) is 5.26 Å². The van der Waals surface area contributed by atoms with E-state index in [9.17, 15) is 5.26 Å². The van der Waals surface area contributed by atoms with Crippen molar-refractivity contribution in [1.82, 2.24) is 4.98 Å². The minimum absolute atomic E-state index is 0.395. The summed E-state index contributed by atoms with van der Waals surface area (Å²) in [4.78, 5) is 4.98. The van der Waals surface area contributed by atoms with Crippen LogP contribution in [0.3, 0.4) is 0 Å². The van der Waals surface area contributed by atoms with Crippen LogP contribution in [-0.4, -0.2) is 11.6 Å². The number of rotatable bonds is 4. The van der Waals surface area contributed by atoms with Crippen molar-refractivity contribution >= 4 is 55.0 Å². The summed E-state index contributed by atoms with van der Waals surface area (Å²) in [7, 11) is 0. The van der Waals surface area contributed by atoms with Crippen LogP contribution in [0.25, 0.3) is 22.8 Å². The van der Waals surface area contributed by atoms with Crippen molar-refractivity contribution in [2.24, 2.45) is 0 Å². The first-order chi connectivity index (χ1) is 16.6. The predicted molar refractivity (Wildman–Crippen MR) is 143 cm³/mol. The van der Waals surface area contributed by atoms with Gasteiger partial charge in [0.25, 0.3) is 0 Å². The van der Waals surface area contributed by atoms with Crippen molar-refractivity contribution in [3.8, 4) is 17.2 Å². The van der Waals surface area contributed by atoms with Gasteiger partial charge in [-0.25, -0.2) is 4.98 Å². The number of aromatic nitrogens is 1. The number of benzene rings is 3. The van der Waals surface area contributed by atoms with Crippen LogP contribution in [0, 0.1) is 11.3 Å². The lowest BCUT2D eigenvalue weighted by molar-refractivity contribution is 0.146. The lowest BCUT2D eigenvalue weighted by atomic mass is 9.90. The molecule has 1 aromatic heterocycles. The number of nitriles is 1. The summed E-state index contributed by atoms with van der Waals surface area (Å²) >= 11 is 7.01. The Morgan fingerprint density at radius 2 is 1.56 bits per heavy atom. The molecule has 0 spiro atoms. The molecule has 1 N–H and O–H groups in total. The number of nitrogens with one attached hydrogen (secondary N) is 1. The molecule has 4 aromatic rings. The summed E-state index contributed by atoms with van der Waals surface area (Å²) in [6.45, 7) is 0.845. The fourth-order valence-corrected chi connectivity index (χ4v) is 4.55. The molecule has 166 valence electrons. The van der Waals surface area contributed by atoms with Crippen LogP contribution in [0.5, 0.6) is 0 Å². The van der Waals surface area contributed by atoms with Gasteiger partial charge in [0.1, 0.15) is 17.5 Å². The third-order valence-corrected chi connectivity index (χ3v) is 6.66. The van der Waals surface area contributed by atoms with E-state index in [0.717, 1.165) is 48.2 Å². The monoisotopic (exact) mass is 571 g/mol. The number of fused-ring (bicyclic) bond motifs is 1. The van der Waals surface area contributed by atoms with Crippen molar-refractivity contribution in [2.45, 2.75) is 6.61 Å². The molecule has 1 aliphatic rings. The van der Waals surface area contributed by atoms with E-state index in [1.165, 1.54) is 0 Å². The predicted octanol–water partition coefficient (Wildman–Crippen LogP) is 7.96. The molecule has 0 bridgehead atoms. The number of pyridine rings is 1. The number of hydrogen-bond acceptors (Lipinski definition) is 4. The van der Waals surface area contributed by atoms with E-state index in [1.807, 2.05) is 78.9 Å². The second-order valence-corrected chi connectivity index (χ2v) is 9.69. The summed E-state index contributed by atoms with van der Waals surface area (Å²) in [5.74, 6) is 0.536. The van der Waals surface area contributed by atoms with Crippen LogP contribution in [-0.2, 0) is 11.3 Å². The molecule has 3 aromatic carbocycles. The summed E-state index contributed by atoms with van der Waals surface area (Å²) < 4.78 is 8.00.